The number of rotatable bonds is 4. The molecule has 1 aromatic carbocycles. The minimum Gasteiger partial charge on any atom is -0.484 e. The van der Waals surface area contributed by atoms with E-state index in [1.165, 1.54) is 0 Å². The molecular formula is C15H23ClN2O2. The van der Waals surface area contributed by atoms with E-state index in [9.17, 15) is 4.79 Å². The van der Waals surface area contributed by atoms with Crippen molar-refractivity contribution in [1.82, 2.24) is 4.90 Å². The second kappa shape index (κ2) is 8.12. The summed E-state index contributed by atoms with van der Waals surface area (Å²) < 4.78 is 5.54. The average molecular weight is 299 g/mol. The van der Waals surface area contributed by atoms with E-state index in [-0.39, 0.29) is 24.9 Å². The SMILES string of the molecule is CC1CCN(C(=O)COc2cccc(CN)c2)CC1.Cl. The Morgan fingerprint density at radius 2 is 2.10 bits per heavy atom. The quantitative estimate of drug-likeness (QED) is 0.927. The number of hydrogen-bond donors (Lipinski definition) is 1. The number of halogens is 1. The maximum atomic E-state index is 12.0. The first kappa shape index (κ1) is 16.8. The molecule has 0 spiro atoms. The average Bonchev–Trinajstić information content (AvgIpc) is 2.46. The van der Waals surface area contributed by atoms with Gasteiger partial charge in [-0.25, -0.2) is 0 Å². The van der Waals surface area contributed by atoms with Crippen molar-refractivity contribution in [2.75, 3.05) is 19.7 Å². The predicted octanol–water partition coefficient (Wildman–Crippen LogP) is 2.20. The monoisotopic (exact) mass is 298 g/mol. The predicted molar refractivity (Wildman–Crippen MR) is 82.1 cm³/mol. The maximum Gasteiger partial charge on any atom is 0.260 e. The number of nitrogens with two attached hydrogens (primary N) is 1. The van der Waals surface area contributed by atoms with Crippen LogP contribution in [-0.2, 0) is 11.3 Å². The summed E-state index contributed by atoms with van der Waals surface area (Å²) in [5.74, 6) is 1.51. The van der Waals surface area contributed by atoms with Crippen LogP contribution in [0.4, 0.5) is 0 Å². The third kappa shape index (κ3) is 4.69. The lowest BCUT2D eigenvalue weighted by atomic mass is 9.99. The first-order chi connectivity index (χ1) is 9.19. The lowest BCUT2D eigenvalue weighted by Gasteiger charge is -2.30. The van der Waals surface area contributed by atoms with Gasteiger partial charge in [-0.2, -0.15) is 0 Å². The zero-order valence-corrected chi connectivity index (χ0v) is 12.7. The summed E-state index contributed by atoms with van der Waals surface area (Å²) in [4.78, 5) is 13.9. The van der Waals surface area contributed by atoms with Crippen LogP contribution >= 0.6 is 12.4 Å². The molecule has 1 aliphatic rings. The zero-order chi connectivity index (χ0) is 13.7. The molecule has 0 atom stereocenters. The van der Waals surface area contributed by atoms with Crippen molar-refractivity contribution in [2.45, 2.75) is 26.3 Å². The van der Waals surface area contributed by atoms with Gasteiger partial charge in [-0.15, -0.1) is 12.4 Å². The highest BCUT2D eigenvalue weighted by Gasteiger charge is 2.20. The van der Waals surface area contributed by atoms with Crippen molar-refractivity contribution in [1.29, 1.82) is 0 Å². The van der Waals surface area contributed by atoms with Gasteiger partial charge in [0.15, 0.2) is 6.61 Å². The second-order valence-corrected chi connectivity index (χ2v) is 5.20. The van der Waals surface area contributed by atoms with Gasteiger partial charge in [-0.3, -0.25) is 4.79 Å². The van der Waals surface area contributed by atoms with Crippen LogP contribution in [0.15, 0.2) is 24.3 Å². The summed E-state index contributed by atoms with van der Waals surface area (Å²) in [5.41, 5.74) is 6.58. The van der Waals surface area contributed by atoms with Gasteiger partial charge in [-0.05, 0) is 36.5 Å². The van der Waals surface area contributed by atoms with E-state index in [1.807, 2.05) is 29.2 Å². The van der Waals surface area contributed by atoms with Gasteiger partial charge < -0.3 is 15.4 Å². The summed E-state index contributed by atoms with van der Waals surface area (Å²) in [6.45, 7) is 4.53. The molecule has 0 unspecified atom stereocenters. The molecule has 5 heteroatoms. The molecule has 0 radical (unpaired) electrons. The largest absolute Gasteiger partial charge is 0.484 e. The number of piperidine rings is 1. The Bertz CT molecular complexity index is 432. The van der Waals surface area contributed by atoms with E-state index in [0.29, 0.717) is 12.3 Å². The van der Waals surface area contributed by atoms with Gasteiger partial charge in [0.05, 0.1) is 0 Å². The Morgan fingerprint density at radius 3 is 2.75 bits per heavy atom. The van der Waals surface area contributed by atoms with Gasteiger partial charge in [0.25, 0.3) is 5.91 Å². The van der Waals surface area contributed by atoms with Crippen LogP contribution in [-0.4, -0.2) is 30.5 Å². The minimum atomic E-state index is 0. The molecule has 0 saturated carbocycles. The molecule has 2 rings (SSSR count). The normalized spacial score (nSPS) is 15.6. The van der Waals surface area contributed by atoms with E-state index < -0.39 is 0 Å². The molecule has 0 bridgehead atoms. The van der Waals surface area contributed by atoms with Crippen molar-refractivity contribution in [3.05, 3.63) is 29.8 Å². The highest BCUT2D eigenvalue weighted by atomic mass is 35.5. The van der Waals surface area contributed by atoms with Gasteiger partial charge in [0.2, 0.25) is 0 Å². The summed E-state index contributed by atoms with van der Waals surface area (Å²) in [7, 11) is 0. The topological polar surface area (TPSA) is 55.6 Å². The molecule has 1 saturated heterocycles. The molecule has 1 amide bonds. The molecule has 112 valence electrons. The third-order valence-corrected chi connectivity index (χ3v) is 3.63. The van der Waals surface area contributed by atoms with Crippen molar-refractivity contribution < 1.29 is 9.53 Å². The Hall–Kier alpha value is -1.26. The Balaban J connectivity index is 0.00000200. The van der Waals surface area contributed by atoms with E-state index >= 15 is 0 Å². The van der Waals surface area contributed by atoms with Crippen molar-refractivity contribution in [2.24, 2.45) is 11.7 Å². The van der Waals surface area contributed by atoms with Crippen molar-refractivity contribution in [3.63, 3.8) is 0 Å². The van der Waals surface area contributed by atoms with E-state index in [1.54, 1.807) is 0 Å². The van der Waals surface area contributed by atoms with E-state index in [4.69, 9.17) is 10.5 Å². The lowest BCUT2D eigenvalue weighted by molar-refractivity contribution is -0.134. The Labute approximate surface area is 126 Å². The van der Waals surface area contributed by atoms with Crippen LogP contribution in [0, 0.1) is 5.92 Å². The van der Waals surface area contributed by atoms with Crippen LogP contribution in [0.2, 0.25) is 0 Å². The molecule has 1 heterocycles. The fourth-order valence-electron chi connectivity index (χ4n) is 2.26. The number of nitrogens with zero attached hydrogens (tertiary/aromatic N) is 1. The second-order valence-electron chi connectivity index (χ2n) is 5.20. The Kier molecular flexibility index (Phi) is 6.82. The summed E-state index contributed by atoms with van der Waals surface area (Å²) in [6.07, 6.45) is 2.18. The molecule has 1 fully saturated rings. The number of carbonyl (C=O) groups excluding carboxylic acids is 1. The van der Waals surface area contributed by atoms with Gasteiger partial charge >= 0.3 is 0 Å². The standard InChI is InChI=1S/C15H22N2O2.ClH/c1-12-5-7-17(8-6-12)15(18)11-19-14-4-2-3-13(9-14)10-16;/h2-4,9,12H,5-8,10-11,16H2,1H3;1H. The maximum absolute atomic E-state index is 12.0. The summed E-state index contributed by atoms with van der Waals surface area (Å²) in [6, 6.07) is 7.57. The number of carbonyl (C=O) groups is 1. The van der Waals surface area contributed by atoms with Crippen LogP contribution in [0.25, 0.3) is 0 Å². The van der Waals surface area contributed by atoms with Gasteiger partial charge in [0.1, 0.15) is 5.75 Å². The van der Waals surface area contributed by atoms with Gasteiger partial charge in [-0.1, -0.05) is 19.1 Å². The van der Waals surface area contributed by atoms with Crippen molar-refractivity contribution >= 4 is 18.3 Å². The summed E-state index contributed by atoms with van der Waals surface area (Å²) >= 11 is 0. The third-order valence-electron chi connectivity index (χ3n) is 3.63. The molecule has 1 aliphatic heterocycles. The fraction of sp³-hybridized carbons (Fsp3) is 0.533. The van der Waals surface area contributed by atoms with Gasteiger partial charge in [0, 0.05) is 19.6 Å². The minimum absolute atomic E-state index is 0. The van der Waals surface area contributed by atoms with E-state index in [0.717, 1.165) is 37.4 Å². The molecule has 0 aliphatic carbocycles. The molecule has 20 heavy (non-hydrogen) atoms. The molecule has 4 nitrogen and oxygen atoms in total. The number of ether oxygens (including phenoxy) is 1. The lowest BCUT2D eigenvalue weighted by Crippen LogP contribution is -2.40. The number of amides is 1. The molecular weight excluding hydrogens is 276 g/mol. The first-order valence-corrected chi connectivity index (χ1v) is 6.88. The zero-order valence-electron chi connectivity index (χ0n) is 11.9. The number of benzene rings is 1. The van der Waals surface area contributed by atoms with Crippen LogP contribution < -0.4 is 10.5 Å². The van der Waals surface area contributed by atoms with Crippen LogP contribution in [0.5, 0.6) is 5.75 Å². The Morgan fingerprint density at radius 1 is 1.40 bits per heavy atom. The van der Waals surface area contributed by atoms with E-state index in [2.05, 4.69) is 6.92 Å². The molecule has 1 aromatic rings. The summed E-state index contributed by atoms with van der Waals surface area (Å²) in [5, 5.41) is 0. The first-order valence-electron chi connectivity index (χ1n) is 6.88. The van der Waals surface area contributed by atoms with Crippen LogP contribution in [0.3, 0.4) is 0 Å². The van der Waals surface area contributed by atoms with Crippen molar-refractivity contribution in [3.8, 4) is 5.75 Å². The molecule has 2 N–H and O–H groups in total. The highest BCUT2D eigenvalue weighted by Crippen LogP contribution is 2.17. The highest BCUT2D eigenvalue weighted by molar-refractivity contribution is 5.85. The van der Waals surface area contributed by atoms with Crippen LogP contribution in [0.1, 0.15) is 25.3 Å². The fourth-order valence-corrected chi connectivity index (χ4v) is 2.26. The number of hydrogen-bond acceptors (Lipinski definition) is 3. The number of likely N-dealkylation sites (tertiary alicyclic amines) is 1. The smallest absolute Gasteiger partial charge is 0.260 e. The molecule has 0 aromatic heterocycles.